The van der Waals surface area contributed by atoms with E-state index in [2.05, 4.69) is 0 Å². The summed E-state index contributed by atoms with van der Waals surface area (Å²) >= 11 is 0. The van der Waals surface area contributed by atoms with Gasteiger partial charge in [0.1, 0.15) is 13.2 Å². The fourth-order valence-electron chi connectivity index (χ4n) is 1.64. The van der Waals surface area contributed by atoms with E-state index in [1.54, 1.807) is 0 Å². The van der Waals surface area contributed by atoms with E-state index in [-0.39, 0.29) is 29.4 Å². The van der Waals surface area contributed by atoms with Crippen LogP contribution in [0.25, 0.3) is 0 Å². The molecule has 0 saturated carbocycles. The van der Waals surface area contributed by atoms with Gasteiger partial charge in [0, 0.05) is 0 Å². The predicted octanol–water partition coefficient (Wildman–Crippen LogP) is 2.06. The summed E-state index contributed by atoms with van der Waals surface area (Å²) in [6, 6.07) is 2.20. The Bertz CT molecular complexity index is 427. The minimum Gasteiger partial charge on any atom is -0.493 e. The normalized spacial score (nSPS) is 16.3. The summed E-state index contributed by atoms with van der Waals surface area (Å²) in [4.78, 5) is 0. The van der Waals surface area contributed by atoms with Crippen molar-refractivity contribution in [1.82, 2.24) is 0 Å². The maximum atomic E-state index is 12.4. The summed E-state index contributed by atoms with van der Waals surface area (Å²) in [5.41, 5.74) is -0.344. The SMILES string of the molecule is COc1cc([C@@H](O)C(F)(F)F)cc2c1OCCO2. The van der Waals surface area contributed by atoms with Crippen LogP contribution in [-0.4, -0.2) is 31.6 Å². The molecule has 0 aromatic heterocycles. The highest BCUT2D eigenvalue weighted by molar-refractivity contribution is 5.55. The number of rotatable bonds is 2. The molecule has 0 unspecified atom stereocenters. The van der Waals surface area contributed by atoms with Gasteiger partial charge in [-0.15, -0.1) is 0 Å². The van der Waals surface area contributed by atoms with Crippen LogP contribution >= 0.6 is 0 Å². The van der Waals surface area contributed by atoms with E-state index in [0.29, 0.717) is 6.61 Å². The highest BCUT2D eigenvalue weighted by Gasteiger charge is 2.40. The van der Waals surface area contributed by atoms with Gasteiger partial charge < -0.3 is 19.3 Å². The largest absolute Gasteiger partial charge is 0.493 e. The van der Waals surface area contributed by atoms with Gasteiger partial charge in [-0.1, -0.05) is 0 Å². The average Bonchev–Trinajstić information content (AvgIpc) is 2.35. The number of hydrogen-bond donors (Lipinski definition) is 1. The molecule has 0 fully saturated rings. The molecule has 0 amide bonds. The van der Waals surface area contributed by atoms with Crippen molar-refractivity contribution in [1.29, 1.82) is 0 Å². The number of alkyl halides is 3. The number of aliphatic hydroxyl groups excluding tert-OH is 1. The lowest BCUT2D eigenvalue weighted by atomic mass is 10.1. The summed E-state index contributed by atoms with van der Waals surface area (Å²) in [6.45, 7) is 0.534. The van der Waals surface area contributed by atoms with Gasteiger partial charge >= 0.3 is 6.18 Å². The van der Waals surface area contributed by atoms with Crippen molar-refractivity contribution in [3.05, 3.63) is 17.7 Å². The Balaban J connectivity index is 2.44. The van der Waals surface area contributed by atoms with Crippen LogP contribution < -0.4 is 14.2 Å². The average molecular weight is 264 g/mol. The van der Waals surface area contributed by atoms with Crippen molar-refractivity contribution < 1.29 is 32.5 Å². The Kier molecular flexibility index (Phi) is 3.25. The second-order valence-corrected chi connectivity index (χ2v) is 3.69. The topological polar surface area (TPSA) is 47.9 Å². The zero-order valence-corrected chi connectivity index (χ0v) is 9.45. The predicted molar refractivity (Wildman–Crippen MR) is 55.0 cm³/mol. The van der Waals surface area contributed by atoms with E-state index in [4.69, 9.17) is 14.2 Å². The summed E-state index contributed by atoms with van der Waals surface area (Å²) in [5, 5.41) is 9.20. The molecule has 1 aromatic rings. The van der Waals surface area contributed by atoms with Crippen molar-refractivity contribution in [2.75, 3.05) is 20.3 Å². The fraction of sp³-hybridized carbons (Fsp3) is 0.455. The lowest BCUT2D eigenvalue weighted by Gasteiger charge is -2.23. The fourth-order valence-corrected chi connectivity index (χ4v) is 1.64. The maximum Gasteiger partial charge on any atom is 0.418 e. The van der Waals surface area contributed by atoms with Gasteiger partial charge in [0.25, 0.3) is 0 Å². The van der Waals surface area contributed by atoms with Gasteiger partial charge in [0.15, 0.2) is 17.6 Å². The third-order valence-corrected chi connectivity index (χ3v) is 2.48. The van der Waals surface area contributed by atoms with E-state index in [1.165, 1.54) is 7.11 Å². The standard InChI is InChI=1S/C11H11F3O4/c1-16-7-4-6(10(15)11(12,13)14)5-8-9(7)18-3-2-17-8/h4-5,10,15H,2-3H2,1H3/t10-/m1/s1. The Hall–Kier alpha value is -1.63. The first-order valence-corrected chi connectivity index (χ1v) is 5.16. The van der Waals surface area contributed by atoms with E-state index < -0.39 is 12.3 Å². The molecular formula is C11H11F3O4. The zero-order valence-electron chi connectivity index (χ0n) is 9.45. The van der Waals surface area contributed by atoms with E-state index >= 15 is 0 Å². The Morgan fingerprint density at radius 3 is 2.56 bits per heavy atom. The molecule has 1 heterocycles. The molecule has 1 aliphatic heterocycles. The highest BCUT2D eigenvalue weighted by Crippen LogP contribution is 2.44. The summed E-state index contributed by atoms with van der Waals surface area (Å²) in [7, 11) is 1.30. The minimum atomic E-state index is -4.74. The molecule has 0 spiro atoms. The smallest absolute Gasteiger partial charge is 0.418 e. The summed E-state index contributed by atoms with van der Waals surface area (Å²) < 4.78 is 52.7. The van der Waals surface area contributed by atoms with Gasteiger partial charge in [0.2, 0.25) is 5.75 Å². The van der Waals surface area contributed by atoms with Crippen LogP contribution in [0.4, 0.5) is 13.2 Å². The third-order valence-electron chi connectivity index (χ3n) is 2.48. The molecule has 0 radical (unpaired) electrons. The first-order valence-electron chi connectivity index (χ1n) is 5.16. The van der Waals surface area contributed by atoms with Gasteiger partial charge in [-0.25, -0.2) is 0 Å². The molecule has 2 rings (SSSR count). The van der Waals surface area contributed by atoms with Crippen LogP contribution in [0.15, 0.2) is 12.1 Å². The molecule has 1 aliphatic rings. The van der Waals surface area contributed by atoms with Crippen LogP contribution in [0.1, 0.15) is 11.7 Å². The first-order chi connectivity index (χ1) is 8.43. The number of methoxy groups -OCH3 is 1. The summed E-state index contributed by atoms with van der Waals surface area (Å²) in [5.74, 6) is 0.492. The molecule has 0 aliphatic carbocycles. The van der Waals surface area contributed by atoms with Crippen LogP contribution in [-0.2, 0) is 0 Å². The Morgan fingerprint density at radius 2 is 1.94 bits per heavy atom. The monoisotopic (exact) mass is 264 g/mol. The molecular weight excluding hydrogens is 253 g/mol. The van der Waals surface area contributed by atoms with Crippen molar-refractivity contribution in [3.63, 3.8) is 0 Å². The zero-order chi connectivity index (χ0) is 13.3. The van der Waals surface area contributed by atoms with Crippen molar-refractivity contribution in [2.45, 2.75) is 12.3 Å². The van der Waals surface area contributed by atoms with Crippen LogP contribution in [0, 0.1) is 0 Å². The molecule has 4 nitrogen and oxygen atoms in total. The van der Waals surface area contributed by atoms with Crippen molar-refractivity contribution >= 4 is 0 Å². The molecule has 1 N–H and O–H groups in total. The molecule has 0 saturated heterocycles. The maximum absolute atomic E-state index is 12.4. The highest BCUT2D eigenvalue weighted by atomic mass is 19.4. The number of halogens is 3. The summed E-state index contributed by atoms with van der Waals surface area (Å²) in [6.07, 6.45) is -7.32. The number of hydrogen-bond acceptors (Lipinski definition) is 4. The lowest BCUT2D eigenvalue weighted by Crippen LogP contribution is -2.21. The quantitative estimate of drug-likeness (QED) is 0.888. The number of benzene rings is 1. The van der Waals surface area contributed by atoms with Crippen LogP contribution in [0.2, 0.25) is 0 Å². The number of fused-ring (bicyclic) bond motifs is 1. The third kappa shape index (κ3) is 2.31. The van der Waals surface area contributed by atoms with Gasteiger partial charge in [0.05, 0.1) is 7.11 Å². The number of aliphatic hydroxyl groups is 1. The van der Waals surface area contributed by atoms with Crippen molar-refractivity contribution in [3.8, 4) is 17.2 Å². The molecule has 7 heteroatoms. The second kappa shape index (κ2) is 4.56. The van der Waals surface area contributed by atoms with Gasteiger partial charge in [-0.05, 0) is 17.7 Å². The van der Waals surface area contributed by atoms with Gasteiger partial charge in [-0.3, -0.25) is 0 Å². The van der Waals surface area contributed by atoms with E-state index in [9.17, 15) is 18.3 Å². The van der Waals surface area contributed by atoms with Gasteiger partial charge in [-0.2, -0.15) is 13.2 Å². The Labute approximate surface area is 101 Å². The van der Waals surface area contributed by atoms with Crippen molar-refractivity contribution in [2.24, 2.45) is 0 Å². The van der Waals surface area contributed by atoms with Crippen LogP contribution in [0.5, 0.6) is 17.2 Å². The molecule has 1 aromatic carbocycles. The Morgan fingerprint density at radius 1 is 1.28 bits per heavy atom. The molecule has 0 bridgehead atoms. The van der Waals surface area contributed by atoms with Crippen LogP contribution in [0.3, 0.4) is 0 Å². The van der Waals surface area contributed by atoms with E-state index in [1.807, 2.05) is 0 Å². The first kappa shape index (κ1) is 12.8. The molecule has 100 valence electrons. The molecule has 1 atom stereocenters. The van der Waals surface area contributed by atoms with E-state index in [0.717, 1.165) is 12.1 Å². The molecule has 18 heavy (non-hydrogen) atoms. The lowest BCUT2D eigenvalue weighted by molar-refractivity contribution is -0.206. The minimum absolute atomic E-state index is 0.102. The number of ether oxygens (including phenoxy) is 3. The second-order valence-electron chi connectivity index (χ2n) is 3.69.